The van der Waals surface area contributed by atoms with E-state index in [1.54, 1.807) is 44.2 Å². The molecule has 22 heteroatoms. The molecule has 4 aliphatic heterocycles. The number of phenolic OH excluding ortho intramolecular Hbond substituents is 2. The molecule has 8 atom stereocenters. The van der Waals surface area contributed by atoms with E-state index in [9.17, 15) is 24.5 Å². The monoisotopic (exact) mass is 856 g/mol. The molecule has 0 saturated carbocycles. The Morgan fingerprint density at radius 3 is 2.16 bits per heavy atom. The SMILES string of the molecule is [B]C1CC(NC(=S)Nc2ccc3c(c2)C(=O)OC32c3ccc(O)cc3Oc3cc(O)ccc32)C(COP([O-])(=S)NC2CC([B])OC2COP(=O)([S-])NC(C)C)O1. The molecule has 4 heterocycles. The number of thiocarbonyl (C=S) groups is 1. The number of hydrogen-bond acceptors (Lipinski definition) is 14. The molecule has 56 heavy (non-hydrogen) atoms. The van der Waals surface area contributed by atoms with Gasteiger partial charge in [0.1, 0.15) is 51.5 Å². The number of nitrogens with one attached hydrogen (secondary N) is 4. The highest BCUT2D eigenvalue weighted by atomic mass is 32.7. The normalized spacial score (nSPS) is 26.7. The van der Waals surface area contributed by atoms with Gasteiger partial charge in [0.15, 0.2) is 10.7 Å². The summed E-state index contributed by atoms with van der Waals surface area (Å²) in [5.74, 6) is -0.174. The lowest BCUT2D eigenvalue weighted by molar-refractivity contribution is -0.189. The van der Waals surface area contributed by atoms with Crippen molar-refractivity contribution in [3.8, 4) is 23.0 Å². The molecule has 2 saturated heterocycles. The van der Waals surface area contributed by atoms with Gasteiger partial charge in [-0.3, -0.25) is 10.2 Å². The summed E-state index contributed by atoms with van der Waals surface area (Å²) in [5, 5.41) is 32.3. The third kappa shape index (κ3) is 8.82. The molecule has 3 aromatic carbocycles. The fraction of sp³-hybridized carbons (Fsp3) is 0.412. The van der Waals surface area contributed by atoms with Crippen molar-refractivity contribution >= 4 is 82.1 Å². The Balaban J connectivity index is 0.998. The van der Waals surface area contributed by atoms with E-state index in [4.69, 9.17) is 80.0 Å². The van der Waals surface area contributed by atoms with E-state index in [1.165, 1.54) is 24.3 Å². The zero-order valence-corrected chi connectivity index (χ0v) is 34.1. The minimum absolute atomic E-state index is 0.0491. The number of ether oxygens (including phenoxy) is 4. The minimum atomic E-state index is -3.90. The highest BCUT2D eigenvalue weighted by Crippen LogP contribution is 2.57. The van der Waals surface area contributed by atoms with Crippen molar-refractivity contribution in [1.29, 1.82) is 0 Å². The van der Waals surface area contributed by atoms with Crippen molar-refractivity contribution in [3.05, 3.63) is 76.9 Å². The van der Waals surface area contributed by atoms with E-state index in [0.29, 0.717) is 28.8 Å². The van der Waals surface area contributed by atoms with Gasteiger partial charge in [0.2, 0.25) is 0 Å². The Labute approximate surface area is 341 Å². The largest absolute Gasteiger partial charge is 0.789 e. The van der Waals surface area contributed by atoms with Gasteiger partial charge in [0, 0.05) is 58.6 Å². The van der Waals surface area contributed by atoms with E-state index >= 15 is 0 Å². The highest BCUT2D eigenvalue weighted by Gasteiger charge is 2.53. The number of aromatic hydroxyl groups is 2. The molecule has 4 aliphatic rings. The number of carbonyl (C=O) groups is 1. The number of benzene rings is 3. The molecule has 6 N–H and O–H groups in total. The summed E-state index contributed by atoms with van der Waals surface area (Å²) in [6, 6.07) is 11.4. The predicted molar refractivity (Wildman–Crippen MR) is 216 cm³/mol. The maximum atomic E-state index is 13.5. The molecule has 7 rings (SSSR count). The maximum absolute atomic E-state index is 13.5. The molecule has 0 amide bonds. The van der Waals surface area contributed by atoms with Crippen LogP contribution in [0.3, 0.4) is 0 Å². The molecule has 0 bridgehead atoms. The Hall–Kier alpha value is -2.70. The van der Waals surface area contributed by atoms with E-state index in [2.05, 4.69) is 20.8 Å². The molecule has 8 unspecified atom stereocenters. The van der Waals surface area contributed by atoms with Crippen LogP contribution in [-0.2, 0) is 57.5 Å². The second-order valence-corrected chi connectivity index (χ2v) is 20.3. The van der Waals surface area contributed by atoms with Gasteiger partial charge in [-0.05, 0) is 75.3 Å². The van der Waals surface area contributed by atoms with Crippen LogP contribution in [0.1, 0.15) is 53.7 Å². The van der Waals surface area contributed by atoms with Crippen molar-refractivity contribution in [2.24, 2.45) is 0 Å². The van der Waals surface area contributed by atoms with Gasteiger partial charge in [-0.25, -0.2) is 4.79 Å². The molecule has 4 radical (unpaired) electrons. The van der Waals surface area contributed by atoms with E-state index in [1.807, 2.05) is 0 Å². The minimum Gasteiger partial charge on any atom is -0.789 e. The zero-order chi connectivity index (χ0) is 40.2. The first-order chi connectivity index (χ1) is 26.4. The van der Waals surface area contributed by atoms with E-state index < -0.39 is 61.2 Å². The van der Waals surface area contributed by atoms with Crippen LogP contribution in [0.25, 0.3) is 0 Å². The topological polar surface area (TPSA) is 201 Å². The molecular formula is C34H36B2N4O11P2S3-2. The van der Waals surface area contributed by atoms with Crippen molar-refractivity contribution in [3.63, 3.8) is 0 Å². The zero-order valence-electron chi connectivity index (χ0n) is 29.9. The number of esters is 1. The van der Waals surface area contributed by atoms with Crippen molar-refractivity contribution in [2.45, 2.75) is 74.6 Å². The van der Waals surface area contributed by atoms with Crippen LogP contribution in [0.15, 0.2) is 54.6 Å². The molecule has 0 aliphatic carbocycles. The average Bonchev–Trinajstić information content (AvgIpc) is 3.73. The Kier molecular flexibility index (Phi) is 12.0. The van der Waals surface area contributed by atoms with Crippen LogP contribution in [0.4, 0.5) is 5.69 Å². The molecular weight excluding hydrogens is 820 g/mol. The molecule has 0 aromatic heterocycles. The van der Waals surface area contributed by atoms with Crippen LogP contribution in [0.2, 0.25) is 0 Å². The molecule has 1 spiro atoms. The number of hydrogen-bond donors (Lipinski definition) is 6. The second kappa shape index (κ2) is 16.2. The van der Waals surface area contributed by atoms with Crippen LogP contribution >= 0.6 is 25.6 Å². The van der Waals surface area contributed by atoms with Gasteiger partial charge in [-0.1, -0.05) is 17.9 Å². The van der Waals surface area contributed by atoms with Crippen molar-refractivity contribution < 1.29 is 52.5 Å². The molecule has 3 aromatic rings. The molecule has 15 nitrogen and oxygen atoms in total. The van der Waals surface area contributed by atoms with Crippen LogP contribution < -0.4 is 30.4 Å². The third-order valence-corrected chi connectivity index (χ3v) is 13.4. The standard InChI is InChI=1S/C34H38B2N4O11P2S3/c1-16(2)39-52(44,55)46-15-29-25(13-31(36)50-29)40-53(45,56)47-14-28-24(12-30(35)49-28)38-33(54)37-17-3-6-21-20(9-17)32(43)51-34(21)22-7-4-18(41)10-26(22)48-27-11-19(42)5-8-23(27)34/h3-11,16,24-25,28-31,41-42H,12-15H2,1-2H3,(H2,37,38,54)(H2,39,44,55)(H2,40,45,56)/p-2. The predicted octanol–water partition coefficient (Wildman–Crippen LogP) is 3.12. The fourth-order valence-corrected chi connectivity index (χ4v) is 11.0. The summed E-state index contributed by atoms with van der Waals surface area (Å²) in [6.45, 7) is -4.27. The third-order valence-electron chi connectivity index (χ3n) is 9.47. The van der Waals surface area contributed by atoms with E-state index in [0.717, 1.165) is 0 Å². The number of anilines is 1. The van der Waals surface area contributed by atoms with Crippen LogP contribution in [-0.4, -0.2) is 92.5 Å². The first kappa shape index (κ1) is 41.5. The van der Waals surface area contributed by atoms with Gasteiger partial charge in [-0.15, -0.1) is 0 Å². The smallest absolute Gasteiger partial charge is 0.340 e. The summed E-state index contributed by atoms with van der Waals surface area (Å²) in [6.07, 6.45) is -0.896. The van der Waals surface area contributed by atoms with Gasteiger partial charge < -0.3 is 70.5 Å². The highest BCUT2D eigenvalue weighted by molar-refractivity contribution is 8.33. The molecule has 2 fully saturated rings. The second-order valence-electron chi connectivity index (χ2n) is 14.0. The fourth-order valence-electron chi connectivity index (χ4n) is 7.21. The Bertz CT molecular complexity index is 2090. The van der Waals surface area contributed by atoms with Crippen LogP contribution in [0.5, 0.6) is 23.0 Å². The lowest BCUT2D eigenvalue weighted by Gasteiger charge is -2.36. The van der Waals surface area contributed by atoms with Crippen LogP contribution in [0, 0.1) is 0 Å². The van der Waals surface area contributed by atoms with E-state index in [-0.39, 0.29) is 59.4 Å². The number of carbonyl (C=O) groups excluding carboxylic acids is 1. The summed E-state index contributed by atoms with van der Waals surface area (Å²) in [4.78, 5) is 27.0. The Morgan fingerprint density at radius 1 is 0.964 bits per heavy atom. The number of fused-ring (bicyclic) bond motifs is 6. The quantitative estimate of drug-likeness (QED) is 0.0510. The molecule has 294 valence electrons. The van der Waals surface area contributed by atoms with Gasteiger partial charge >= 0.3 is 5.97 Å². The first-order valence-corrected chi connectivity index (χ1v) is 23.2. The summed E-state index contributed by atoms with van der Waals surface area (Å²) < 4.78 is 47.3. The Morgan fingerprint density at radius 2 is 1.54 bits per heavy atom. The van der Waals surface area contributed by atoms with Crippen molar-refractivity contribution in [1.82, 2.24) is 15.5 Å². The first-order valence-electron chi connectivity index (χ1n) is 17.5. The lowest BCUT2D eigenvalue weighted by Crippen LogP contribution is -2.45. The van der Waals surface area contributed by atoms with Gasteiger partial charge in [0.05, 0.1) is 37.6 Å². The lowest BCUT2D eigenvalue weighted by atomic mass is 9.77. The average molecular weight is 856 g/mol. The van der Waals surface area contributed by atoms with Crippen molar-refractivity contribution in [2.75, 3.05) is 18.5 Å². The number of phenols is 2. The summed E-state index contributed by atoms with van der Waals surface area (Å²) in [5.41, 5.74) is 0.834. The summed E-state index contributed by atoms with van der Waals surface area (Å²) >= 11 is 16.0. The summed E-state index contributed by atoms with van der Waals surface area (Å²) in [7, 11) is 12.1. The van der Waals surface area contributed by atoms with Gasteiger partial charge in [0.25, 0.3) is 0 Å². The van der Waals surface area contributed by atoms with Gasteiger partial charge in [-0.2, -0.15) is 0 Å². The number of rotatable bonds is 12. The maximum Gasteiger partial charge on any atom is 0.340 e.